The van der Waals surface area contributed by atoms with Crippen LogP contribution >= 0.6 is 0 Å². The Morgan fingerprint density at radius 3 is 2.40 bits per heavy atom. The van der Waals surface area contributed by atoms with Gasteiger partial charge in [0.2, 0.25) is 5.91 Å². The highest BCUT2D eigenvalue weighted by Gasteiger charge is 2.39. The average molecular weight is 284 g/mol. The lowest BCUT2D eigenvalue weighted by Crippen LogP contribution is -2.52. The maximum atomic E-state index is 12.6. The molecule has 1 atom stereocenters. The number of unbranched alkanes of at least 4 members (excludes halogenated alkanes) is 1. The normalized spacial score (nSPS) is 19.3. The monoisotopic (exact) mass is 284 g/mol. The van der Waals surface area contributed by atoms with Crippen molar-refractivity contribution in [2.75, 3.05) is 13.1 Å². The molecule has 1 aliphatic heterocycles. The van der Waals surface area contributed by atoms with Gasteiger partial charge in [-0.3, -0.25) is 4.79 Å². The largest absolute Gasteiger partial charge is 0.480 e. The van der Waals surface area contributed by atoms with Crippen LogP contribution in [-0.2, 0) is 9.59 Å². The minimum absolute atomic E-state index is 0.0654. The maximum absolute atomic E-state index is 12.6. The second-order valence-corrected chi connectivity index (χ2v) is 5.79. The summed E-state index contributed by atoms with van der Waals surface area (Å²) in [6.45, 7) is 5.76. The molecule has 5 heteroatoms. The van der Waals surface area contributed by atoms with Gasteiger partial charge >= 0.3 is 5.97 Å². The number of hydrogen-bond donors (Lipinski definition) is 3. The Hall–Kier alpha value is -1.10. The van der Waals surface area contributed by atoms with Gasteiger partial charge in [0.25, 0.3) is 0 Å². The zero-order valence-corrected chi connectivity index (χ0v) is 12.7. The van der Waals surface area contributed by atoms with Gasteiger partial charge in [-0.05, 0) is 38.8 Å². The number of aliphatic carboxylic acids is 1. The van der Waals surface area contributed by atoms with Gasteiger partial charge in [-0.15, -0.1) is 0 Å². The molecule has 0 saturated carbocycles. The molecule has 3 N–H and O–H groups in total. The molecule has 0 unspecified atom stereocenters. The van der Waals surface area contributed by atoms with Crippen LogP contribution in [-0.4, -0.2) is 36.1 Å². The Kier molecular flexibility index (Phi) is 6.99. The van der Waals surface area contributed by atoms with Gasteiger partial charge in [0.15, 0.2) is 0 Å². The van der Waals surface area contributed by atoms with Crippen LogP contribution in [0.4, 0.5) is 0 Å². The Balaban J connectivity index is 2.70. The second-order valence-electron chi connectivity index (χ2n) is 5.79. The van der Waals surface area contributed by atoms with E-state index in [4.69, 9.17) is 0 Å². The summed E-state index contributed by atoms with van der Waals surface area (Å²) in [7, 11) is 0. The second kappa shape index (κ2) is 8.25. The van der Waals surface area contributed by atoms with E-state index in [0.29, 0.717) is 6.42 Å². The summed E-state index contributed by atoms with van der Waals surface area (Å²) >= 11 is 0. The number of hydrogen-bond acceptors (Lipinski definition) is 3. The summed E-state index contributed by atoms with van der Waals surface area (Å²) in [6, 6.07) is -0.744. The highest BCUT2D eigenvalue weighted by Crippen LogP contribution is 2.34. The fourth-order valence-corrected chi connectivity index (χ4v) is 2.95. The van der Waals surface area contributed by atoms with Crippen LogP contribution in [0, 0.1) is 5.41 Å². The molecule has 0 bridgehead atoms. The van der Waals surface area contributed by atoms with Crippen LogP contribution in [0.5, 0.6) is 0 Å². The van der Waals surface area contributed by atoms with Crippen molar-refractivity contribution in [3.63, 3.8) is 0 Å². The Bertz CT molecular complexity index is 320. The van der Waals surface area contributed by atoms with E-state index in [-0.39, 0.29) is 11.3 Å². The van der Waals surface area contributed by atoms with E-state index in [1.54, 1.807) is 0 Å². The van der Waals surface area contributed by atoms with E-state index >= 15 is 0 Å². The minimum atomic E-state index is -0.924. The minimum Gasteiger partial charge on any atom is -0.480 e. The van der Waals surface area contributed by atoms with Crippen molar-refractivity contribution >= 4 is 11.9 Å². The molecule has 1 fully saturated rings. The molecule has 0 spiro atoms. The first kappa shape index (κ1) is 17.0. The van der Waals surface area contributed by atoms with Gasteiger partial charge in [0.05, 0.1) is 5.41 Å². The predicted molar refractivity (Wildman–Crippen MR) is 78.5 cm³/mol. The van der Waals surface area contributed by atoms with Crippen LogP contribution in [0.15, 0.2) is 0 Å². The summed E-state index contributed by atoms with van der Waals surface area (Å²) < 4.78 is 0. The lowest BCUT2D eigenvalue weighted by atomic mass is 9.74. The van der Waals surface area contributed by atoms with Gasteiger partial charge in [-0.2, -0.15) is 0 Å². The van der Waals surface area contributed by atoms with Crippen molar-refractivity contribution in [3.8, 4) is 0 Å². The first-order valence-corrected chi connectivity index (χ1v) is 7.80. The molecular formula is C15H28N2O3. The molecule has 116 valence electrons. The first-order chi connectivity index (χ1) is 9.55. The number of piperidine rings is 1. The predicted octanol–water partition coefficient (Wildman–Crippen LogP) is 1.92. The third kappa shape index (κ3) is 4.47. The third-order valence-electron chi connectivity index (χ3n) is 4.22. The molecule has 0 aromatic carbocycles. The van der Waals surface area contributed by atoms with E-state index in [0.717, 1.165) is 51.6 Å². The van der Waals surface area contributed by atoms with Gasteiger partial charge in [-0.25, -0.2) is 4.79 Å². The van der Waals surface area contributed by atoms with Gasteiger partial charge in [-0.1, -0.05) is 33.1 Å². The molecule has 1 rings (SSSR count). The lowest BCUT2D eigenvalue weighted by molar-refractivity contribution is -0.144. The van der Waals surface area contributed by atoms with Crippen LogP contribution in [0.2, 0.25) is 0 Å². The van der Waals surface area contributed by atoms with Crippen molar-refractivity contribution in [2.24, 2.45) is 5.41 Å². The third-order valence-corrected chi connectivity index (χ3v) is 4.22. The number of amides is 1. The fourth-order valence-electron chi connectivity index (χ4n) is 2.95. The van der Waals surface area contributed by atoms with E-state index < -0.39 is 12.0 Å². The SMILES string of the molecule is CCCC[C@H](NC(=O)C1(CCC)CCNCC1)C(=O)O. The summed E-state index contributed by atoms with van der Waals surface area (Å²) in [5.74, 6) is -0.989. The molecule has 1 amide bonds. The average Bonchev–Trinajstić information content (AvgIpc) is 2.44. The topological polar surface area (TPSA) is 78.4 Å². The molecule has 0 aliphatic carbocycles. The molecule has 1 saturated heterocycles. The van der Waals surface area contributed by atoms with Crippen molar-refractivity contribution in [3.05, 3.63) is 0 Å². The molecule has 0 aromatic heterocycles. The van der Waals surface area contributed by atoms with Gasteiger partial charge in [0, 0.05) is 0 Å². The number of carboxylic acids is 1. The van der Waals surface area contributed by atoms with Crippen LogP contribution in [0.3, 0.4) is 0 Å². The molecule has 5 nitrogen and oxygen atoms in total. The lowest BCUT2D eigenvalue weighted by Gasteiger charge is -2.37. The van der Waals surface area contributed by atoms with E-state index in [1.807, 2.05) is 6.92 Å². The van der Waals surface area contributed by atoms with E-state index in [2.05, 4.69) is 17.6 Å². The van der Waals surface area contributed by atoms with Crippen LogP contribution in [0.25, 0.3) is 0 Å². The summed E-state index contributed by atoms with van der Waals surface area (Å²) in [4.78, 5) is 23.8. The molecule has 0 radical (unpaired) electrons. The number of carbonyl (C=O) groups is 2. The van der Waals surface area contributed by atoms with Crippen molar-refractivity contribution in [1.29, 1.82) is 0 Å². The maximum Gasteiger partial charge on any atom is 0.326 e. The number of carboxylic acid groups (broad SMARTS) is 1. The molecular weight excluding hydrogens is 256 g/mol. The number of rotatable bonds is 8. The first-order valence-electron chi connectivity index (χ1n) is 7.80. The van der Waals surface area contributed by atoms with Crippen molar-refractivity contribution < 1.29 is 14.7 Å². The highest BCUT2D eigenvalue weighted by atomic mass is 16.4. The molecule has 1 aliphatic rings. The van der Waals surface area contributed by atoms with E-state index in [1.165, 1.54) is 0 Å². The Morgan fingerprint density at radius 1 is 1.25 bits per heavy atom. The van der Waals surface area contributed by atoms with E-state index in [9.17, 15) is 14.7 Å². The smallest absolute Gasteiger partial charge is 0.326 e. The molecule has 1 heterocycles. The standard InChI is InChI=1S/C15H28N2O3/c1-3-5-6-12(13(18)19)17-14(20)15(7-4-2)8-10-16-11-9-15/h12,16H,3-11H2,1-2H3,(H,17,20)(H,18,19)/t12-/m0/s1. The number of nitrogens with one attached hydrogen (secondary N) is 2. The van der Waals surface area contributed by atoms with Crippen molar-refractivity contribution in [1.82, 2.24) is 10.6 Å². The zero-order chi connectivity index (χ0) is 15.0. The molecule has 20 heavy (non-hydrogen) atoms. The number of carbonyl (C=O) groups excluding carboxylic acids is 1. The highest BCUT2D eigenvalue weighted by molar-refractivity contribution is 5.87. The Labute approximate surface area is 121 Å². The molecule has 0 aromatic rings. The zero-order valence-electron chi connectivity index (χ0n) is 12.7. The van der Waals surface area contributed by atoms with Crippen LogP contribution < -0.4 is 10.6 Å². The quantitative estimate of drug-likeness (QED) is 0.636. The van der Waals surface area contributed by atoms with Crippen LogP contribution in [0.1, 0.15) is 58.8 Å². The van der Waals surface area contributed by atoms with Gasteiger partial charge < -0.3 is 15.7 Å². The summed E-state index contributed by atoms with van der Waals surface area (Å²) in [5, 5.41) is 15.3. The fraction of sp³-hybridized carbons (Fsp3) is 0.867. The van der Waals surface area contributed by atoms with Crippen molar-refractivity contribution in [2.45, 2.75) is 64.8 Å². The van der Waals surface area contributed by atoms with Gasteiger partial charge in [0.1, 0.15) is 6.04 Å². The summed E-state index contributed by atoms with van der Waals surface area (Å²) in [5.41, 5.74) is -0.375. The summed E-state index contributed by atoms with van der Waals surface area (Å²) in [6.07, 6.45) is 5.64. The Morgan fingerprint density at radius 2 is 1.90 bits per heavy atom.